The van der Waals surface area contributed by atoms with Crippen LogP contribution < -0.4 is 0 Å². The second-order valence-corrected chi connectivity index (χ2v) is 5.17. The van der Waals surface area contributed by atoms with Gasteiger partial charge < -0.3 is 4.74 Å². The van der Waals surface area contributed by atoms with Gasteiger partial charge in [0.1, 0.15) is 5.41 Å². The Labute approximate surface area is 117 Å². The molecule has 2 atom stereocenters. The van der Waals surface area contributed by atoms with Crippen molar-refractivity contribution in [2.45, 2.75) is 38.3 Å². The topological polar surface area (TPSA) is 29.5 Å². The van der Waals surface area contributed by atoms with Crippen LogP contribution in [-0.2, 0) is 14.9 Å². The maximum absolute atomic E-state index is 13.5. The first-order valence-corrected chi connectivity index (χ1v) is 6.70. The van der Waals surface area contributed by atoms with Crippen molar-refractivity contribution in [3.8, 4) is 0 Å². The standard InChI is InChI=1S/C15H19F2NO2/c1-5-18-9(2)15(10(18)3,14(19)20-4)11-6-7-12(16)13(17)8-11/h6-10H,5H2,1-4H3. The number of ether oxygens (including phenoxy) is 1. The maximum Gasteiger partial charge on any atom is 0.319 e. The zero-order valence-electron chi connectivity index (χ0n) is 12.1. The SMILES string of the molecule is CCN1C(C)C(C(=O)OC)(c2ccc(F)c(F)c2)C1C. The molecule has 0 radical (unpaired) electrons. The summed E-state index contributed by atoms with van der Waals surface area (Å²) in [5.41, 5.74) is -0.479. The van der Waals surface area contributed by atoms with E-state index in [0.29, 0.717) is 5.56 Å². The third-order valence-electron chi connectivity index (χ3n) is 4.60. The Hall–Kier alpha value is -1.49. The number of halogens is 2. The van der Waals surface area contributed by atoms with E-state index in [4.69, 9.17) is 4.74 Å². The first-order valence-electron chi connectivity index (χ1n) is 6.70. The fraction of sp³-hybridized carbons (Fsp3) is 0.533. The van der Waals surface area contributed by atoms with E-state index >= 15 is 0 Å². The lowest BCUT2D eigenvalue weighted by molar-refractivity contribution is -0.168. The summed E-state index contributed by atoms with van der Waals surface area (Å²) in [4.78, 5) is 14.5. The van der Waals surface area contributed by atoms with Crippen molar-refractivity contribution in [3.63, 3.8) is 0 Å². The molecule has 2 unspecified atom stereocenters. The lowest BCUT2D eigenvalue weighted by Crippen LogP contribution is -2.75. The second-order valence-electron chi connectivity index (χ2n) is 5.17. The highest BCUT2D eigenvalue weighted by Gasteiger charge is 2.62. The Morgan fingerprint density at radius 2 is 1.90 bits per heavy atom. The van der Waals surface area contributed by atoms with Gasteiger partial charge in [0.05, 0.1) is 7.11 Å². The molecule has 1 saturated heterocycles. The summed E-state index contributed by atoms with van der Waals surface area (Å²) in [5.74, 6) is -2.27. The van der Waals surface area contributed by atoms with Crippen molar-refractivity contribution in [1.29, 1.82) is 0 Å². The summed E-state index contributed by atoms with van der Waals surface area (Å²) in [5, 5.41) is 0. The van der Waals surface area contributed by atoms with Crippen molar-refractivity contribution in [3.05, 3.63) is 35.4 Å². The maximum atomic E-state index is 13.5. The smallest absolute Gasteiger partial charge is 0.319 e. The van der Waals surface area contributed by atoms with Crippen LogP contribution in [-0.4, -0.2) is 36.6 Å². The molecule has 110 valence electrons. The molecule has 1 fully saturated rings. The van der Waals surface area contributed by atoms with Crippen LogP contribution in [0.25, 0.3) is 0 Å². The van der Waals surface area contributed by atoms with Crippen LogP contribution in [0.15, 0.2) is 18.2 Å². The van der Waals surface area contributed by atoms with Gasteiger partial charge >= 0.3 is 5.97 Å². The first-order chi connectivity index (χ1) is 9.41. The molecule has 1 aliphatic rings. The van der Waals surface area contributed by atoms with Crippen molar-refractivity contribution in [2.24, 2.45) is 0 Å². The van der Waals surface area contributed by atoms with Crippen molar-refractivity contribution in [1.82, 2.24) is 4.90 Å². The number of likely N-dealkylation sites (N-methyl/N-ethyl adjacent to an activating group) is 1. The molecule has 1 heterocycles. The largest absolute Gasteiger partial charge is 0.468 e. The number of nitrogens with zero attached hydrogens (tertiary/aromatic N) is 1. The van der Waals surface area contributed by atoms with Gasteiger partial charge in [0, 0.05) is 12.1 Å². The van der Waals surface area contributed by atoms with Gasteiger partial charge in [-0.05, 0) is 38.1 Å². The lowest BCUT2D eigenvalue weighted by Gasteiger charge is -2.59. The minimum absolute atomic E-state index is 0.125. The molecule has 20 heavy (non-hydrogen) atoms. The minimum Gasteiger partial charge on any atom is -0.468 e. The summed E-state index contributed by atoms with van der Waals surface area (Å²) in [6.45, 7) is 6.59. The van der Waals surface area contributed by atoms with E-state index in [1.165, 1.54) is 13.2 Å². The van der Waals surface area contributed by atoms with Gasteiger partial charge in [-0.15, -0.1) is 0 Å². The van der Waals surface area contributed by atoms with Crippen LogP contribution in [0, 0.1) is 11.6 Å². The third-order valence-corrected chi connectivity index (χ3v) is 4.60. The van der Waals surface area contributed by atoms with Gasteiger partial charge in [-0.2, -0.15) is 0 Å². The molecule has 0 spiro atoms. The molecule has 1 aliphatic heterocycles. The third kappa shape index (κ3) is 1.76. The molecular weight excluding hydrogens is 264 g/mol. The zero-order valence-corrected chi connectivity index (χ0v) is 12.1. The predicted molar refractivity (Wildman–Crippen MR) is 71.4 cm³/mol. The van der Waals surface area contributed by atoms with Gasteiger partial charge in [0.15, 0.2) is 11.6 Å². The van der Waals surface area contributed by atoms with Gasteiger partial charge in [-0.1, -0.05) is 13.0 Å². The second kappa shape index (κ2) is 5.13. The molecule has 0 aliphatic carbocycles. The van der Waals surface area contributed by atoms with Crippen molar-refractivity contribution >= 4 is 5.97 Å². The molecule has 3 nitrogen and oxygen atoms in total. The molecular formula is C15H19F2NO2. The average Bonchev–Trinajstić information content (AvgIpc) is 2.43. The molecule has 0 N–H and O–H groups in total. The minimum atomic E-state index is -0.945. The molecule has 0 saturated carbocycles. The van der Waals surface area contributed by atoms with Crippen LogP contribution >= 0.6 is 0 Å². The van der Waals surface area contributed by atoms with Crippen LogP contribution in [0.5, 0.6) is 0 Å². The summed E-state index contributed by atoms with van der Waals surface area (Å²) >= 11 is 0. The highest BCUT2D eigenvalue weighted by Crippen LogP contribution is 2.47. The van der Waals surface area contributed by atoms with Gasteiger partial charge in [-0.3, -0.25) is 9.69 Å². The molecule has 0 aromatic heterocycles. The van der Waals surface area contributed by atoms with E-state index in [-0.39, 0.29) is 12.1 Å². The molecule has 0 bridgehead atoms. The predicted octanol–water partition coefficient (Wildman–Crippen LogP) is 2.49. The molecule has 5 heteroatoms. The van der Waals surface area contributed by atoms with Crippen molar-refractivity contribution in [2.75, 3.05) is 13.7 Å². The van der Waals surface area contributed by atoms with Crippen molar-refractivity contribution < 1.29 is 18.3 Å². The Morgan fingerprint density at radius 3 is 2.35 bits per heavy atom. The quantitative estimate of drug-likeness (QED) is 0.798. The number of hydrogen-bond donors (Lipinski definition) is 0. The number of methoxy groups -OCH3 is 1. The lowest BCUT2D eigenvalue weighted by atomic mass is 9.61. The Kier molecular flexibility index (Phi) is 3.82. The Balaban J connectivity index is 2.54. The van der Waals surface area contributed by atoms with Crippen LogP contribution in [0.1, 0.15) is 26.3 Å². The van der Waals surface area contributed by atoms with Gasteiger partial charge in [0.2, 0.25) is 0 Å². The summed E-state index contributed by atoms with van der Waals surface area (Å²) < 4.78 is 31.6. The number of esters is 1. The highest BCUT2D eigenvalue weighted by atomic mass is 19.2. The Bertz CT molecular complexity index is 523. The number of likely N-dealkylation sites (tertiary alicyclic amines) is 1. The Morgan fingerprint density at radius 1 is 1.30 bits per heavy atom. The molecule has 2 rings (SSSR count). The van der Waals surface area contributed by atoms with Gasteiger partial charge in [0.25, 0.3) is 0 Å². The average molecular weight is 283 g/mol. The molecule has 0 amide bonds. The summed E-state index contributed by atoms with van der Waals surface area (Å²) in [6, 6.07) is 3.38. The number of benzene rings is 1. The fourth-order valence-corrected chi connectivity index (χ4v) is 3.54. The summed E-state index contributed by atoms with van der Waals surface area (Å²) in [7, 11) is 1.32. The van der Waals surface area contributed by atoms with Crippen LogP contribution in [0.2, 0.25) is 0 Å². The normalized spacial score (nSPS) is 29.9. The first kappa shape index (κ1) is 14.9. The van der Waals surface area contributed by atoms with E-state index in [0.717, 1.165) is 18.7 Å². The highest BCUT2D eigenvalue weighted by molar-refractivity contribution is 5.87. The van der Waals surface area contributed by atoms with E-state index in [2.05, 4.69) is 4.90 Å². The molecule has 1 aromatic rings. The monoisotopic (exact) mass is 283 g/mol. The summed E-state index contributed by atoms with van der Waals surface area (Å²) in [6.07, 6.45) is 0. The van der Waals surface area contributed by atoms with E-state index in [1.807, 2.05) is 20.8 Å². The zero-order chi connectivity index (χ0) is 15.1. The van der Waals surface area contributed by atoms with E-state index in [1.54, 1.807) is 0 Å². The number of hydrogen-bond acceptors (Lipinski definition) is 3. The number of rotatable bonds is 3. The number of carbonyl (C=O) groups is 1. The molecule has 1 aromatic carbocycles. The van der Waals surface area contributed by atoms with Crippen LogP contribution in [0.3, 0.4) is 0 Å². The van der Waals surface area contributed by atoms with Gasteiger partial charge in [-0.25, -0.2) is 8.78 Å². The van der Waals surface area contributed by atoms with E-state index in [9.17, 15) is 13.6 Å². The number of carbonyl (C=O) groups excluding carboxylic acids is 1. The van der Waals surface area contributed by atoms with E-state index < -0.39 is 23.0 Å². The van der Waals surface area contributed by atoms with Crippen LogP contribution in [0.4, 0.5) is 8.78 Å². The fourth-order valence-electron chi connectivity index (χ4n) is 3.54.